The monoisotopic (exact) mass is 417 g/mol. The van der Waals surface area contributed by atoms with E-state index in [1.54, 1.807) is 0 Å². The molecule has 2 heterocycles. The molecule has 0 atom stereocenters. The molecular weight excluding hydrogens is 386 g/mol. The van der Waals surface area contributed by atoms with E-state index in [1.807, 2.05) is 12.1 Å². The fourth-order valence-corrected chi connectivity index (χ4v) is 3.97. The molecule has 162 valence electrons. The van der Waals surface area contributed by atoms with Crippen LogP contribution in [0.3, 0.4) is 0 Å². The van der Waals surface area contributed by atoms with Gasteiger partial charge < -0.3 is 20.3 Å². The number of hydrogen-bond acceptors (Lipinski definition) is 6. The molecule has 1 fully saturated rings. The smallest absolute Gasteiger partial charge is 0.248 e. The van der Waals surface area contributed by atoms with Crippen LogP contribution in [0.15, 0.2) is 48.8 Å². The van der Waals surface area contributed by atoms with Crippen LogP contribution >= 0.6 is 0 Å². The summed E-state index contributed by atoms with van der Waals surface area (Å²) in [5.41, 5.74) is 12.2. The molecule has 2 aromatic carbocycles. The number of hydrogen-bond donors (Lipinski definition) is 1. The summed E-state index contributed by atoms with van der Waals surface area (Å²) < 4.78 is 5.98. The summed E-state index contributed by atoms with van der Waals surface area (Å²) in [6, 6.07) is 14.6. The van der Waals surface area contributed by atoms with Crippen molar-refractivity contribution in [2.75, 3.05) is 41.7 Å². The highest BCUT2D eigenvalue weighted by Crippen LogP contribution is 2.33. The fourth-order valence-electron chi connectivity index (χ4n) is 3.97. The number of aromatic nitrogens is 2. The van der Waals surface area contributed by atoms with Gasteiger partial charge in [-0.25, -0.2) is 4.98 Å². The van der Waals surface area contributed by atoms with Gasteiger partial charge in [-0.15, -0.1) is 0 Å². The third-order valence-electron chi connectivity index (χ3n) is 6.08. The SMILES string of the molecule is Cc1cccc(N2CCN(c3ncnc(Oc4ccc(C(C)C)cc4)c3N)CC2)c1C. The molecule has 0 bridgehead atoms. The van der Waals surface area contributed by atoms with E-state index in [1.165, 1.54) is 28.7 Å². The summed E-state index contributed by atoms with van der Waals surface area (Å²) in [5.74, 6) is 2.34. The van der Waals surface area contributed by atoms with Crippen molar-refractivity contribution in [1.82, 2.24) is 9.97 Å². The second-order valence-electron chi connectivity index (χ2n) is 8.44. The van der Waals surface area contributed by atoms with Crippen molar-refractivity contribution in [2.45, 2.75) is 33.6 Å². The number of benzene rings is 2. The van der Waals surface area contributed by atoms with Gasteiger partial charge in [0.1, 0.15) is 17.8 Å². The number of rotatable bonds is 5. The number of anilines is 3. The van der Waals surface area contributed by atoms with E-state index < -0.39 is 0 Å². The summed E-state index contributed by atoms with van der Waals surface area (Å²) in [5, 5.41) is 0. The number of aryl methyl sites for hydroxylation is 1. The maximum atomic E-state index is 6.42. The first-order valence-corrected chi connectivity index (χ1v) is 10.9. The standard InChI is InChI=1S/C25H31N5O/c1-17(2)20-8-10-21(11-9-20)31-25-23(26)24(27-16-28-25)30-14-12-29(13-15-30)22-7-5-6-18(3)19(22)4/h5-11,16-17H,12-15,26H2,1-4H3. The third-order valence-corrected chi connectivity index (χ3v) is 6.08. The van der Waals surface area contributed by atoms with Crippen LogP contribution in [0, 0.1) is 13.8 Å². The molecular formula is C25H31N5O. The predicted octanol–water partition coefficient (Wildman–Crippen LogP) is 4.92. The van der Waals surface area contributed by atoms with Gasteiger partial charge >= 0.3 is 0 Å². The topological polar surface area (TPSA) is 67.5 Å². The van der Waals surface area contributed by atoms with E-state index in [0.717, 1.165) is 37.7 Å². The molecule has 6 heteroatoms. The predicted molar refractivity (Wildman–Crippen MR) is 127 cm³/mol. The molecule has 31 heavy (non-hydrogen) atoms. The van der Waals surface area contributed by atoms with Crippen LogP contribution in [0.4, 0.5) is 17.2 Å². The van der Waals surface area contributed by atoms with Gasteiger partial charge in [-0.05, 0) is 54.7 Å². The molecule has 1 aliphatic rings. The Hall–Kier alpha value is -3.28. The number of nitrogens with two attached hydrogens (primary N) is 1. The quantitative estimate of drug-likeness (QED) is 0.636. The van der Waals surface area contributed by atoms with Crippen LogP contribution in [-0.4, -0.2) is 36.1 Å². The summed E-state index contributed by atoms with van der Waals surface area (Å²) in [6.07, 6.45) is 1.53. The Morgan fingerprint density at radius 1 is 0.903 bits per heavy atom. The van der Waals surface area contributed by atoms with Crippen LogP contribution in [0.2, 0.25) is 0 Å². The van der Waals surface area contributed by atoms with Gasteiger partial charge in [0, 0.05) is 31.9 Å². The minimum Gasteiger partial charge on any atom is -0.437 e. The Morgan fingerprint density at radius 3 is 2.26 bits per heavy atom. The Bertz CT molecular complexity index is 1040. The summed E-state index contributed by atoms with van der Waals surface area (Å²) in [7, 11) is 0. The highest BCUT2D eigenvalue weighted by atomic mass is 16.5. The number of piperazine rings is 1. The van der Waals surface area contributed by atoms with Crippen molar-refractivity contribution in [3.05, 3.63) is 65.5 Å². The first-order valence-electron chi connectivity index (χ1n) is 10.9. The average molecular weight is 418 g/mol. The zero-order valence-corrected chi connectivity index (χ0v) is 18.8. The largest absolute Gasteiger partial charge is 0.437 e. The highest BCUT2D eigenvalue weighted by Gasteiger charge is 2.23. The van der Waals surface area contributed by atoms with Gasteiger partial charge in [-0.2, -0.15) is 4.98 Å². The Morgan fingerprint density at radius 2 is 1.58 bits per heavy atom. The first-order chi connectivity index (χ1) is 14.9. The molecule has 1 aliphatic heterocycles. The highest BCUT2D eigenvalue weighted by molar-refractivity contribution is 5.69. The number of ether oxygens (including phenoxy) is 1. The van der Waals surface area contributed by atoms with E-state index in [2.05, 4.69) is 77.8 Å². The minimum atomic E-state index is 0.402. The molecule has 1 aromatic heterocycles. The normalized spacial score (nSPS) is 14.2. The molecule has 2 N–H and O–H groups in total. The van der Waals surface area contributed by atoms with E-state index in [4.69, 9.17) is 10.5 Å². The van der Waals surface area contributed by atoms with Crippen molar-refractivity contribution < 1.29 is 4.74 Å². The van der Waals surface area contributed by atoms with Crippen molar-refractivity contribution in [3.63, 3.8) is 0 Å². The van der Waals surface area contributed by atoms with Crippen LogP contribution in [-0.2, 0) is 0 Å². The van der Waals surface area contributed by atoms with Crippen LogP contribution in [0.25, 0.3) is 0 Å². The van der Waals surface area contributed by atoms with Crippen LogP contribution in [0.5, 0.6) is 11.6 Å². The summed E-state index contributed by atoms with van der Waals surface area (Å²) in [4.78, 5) is 13.4. The van der Waals surface area contributed by atoms with Gasteiger partial charge in [0.15, 0.2) is 5.82 Å². The zero-order valence-electron chi connectivity index (χ0n) is 18.8. The second kappa shape index (κ2) is 8.84. The van der Waals surface area contributed by atoms with Gasteiger partial charge in [-0.1, -0.05) is 38.1 Å². The van der Waals surface area contributed by atoms with Crippen molar-refractivity contribution >= 4 is 17.2 Å². The van der Waals surface area contributed by atoms with Crippen molar-refractivity contribution in [1.29, 1.82) is 0 Å². The Balaban J connectivity index is 1.47. The molecule has 3 aromatic rings. The molecule has 0 unspecified atom stereocenters. The lowest BCUT2D eigenvalue weighted by Gasteiger charge is -2.38. The summed E-state index contributed by atoms with van der Waals surface area (Å²) in [6.45, 7) is 12.2. The molecule has 4 rings (SSSR count). The zero-order chi connectivity index (χ0) is 22.0. The molecule has 0 amide bonds. The Labute approximate surface area is 184 Å². The lowest BCUT2D eigenvalue weighted by molar-refractivity contribution is 0.463. The minimum absolute atomic E-state index is 0.402. The maximum absolute atomic E-state index is 6.42. The first kappa shape index (κ1) is 21.0. The van der Waals surface area contributed by atoms with Gasteiger partial charge in [0.2, 0.25) is 5.88 Å². The third kappa shape index (κ3) is 4.43. The lowest BCUT2D eigenvalue weighted by Crippen LogP contribution is -2.47. The average Bonchev–Trinajstić information content (AvgIpc) is 2.78. The molecule has 0 aliphatic carbocycles. The molecule has 0 radical (unpaired) electrons. The molecule has 1 saturated heterocycles. The summed E-state index contributed by atoms with van der Waals surface area (Å²) >= 11 is 0. The molecule has 6 nitrogen and oxygen atoms in total. The Kier molecular flexibility index (Phi) is 5.98. The number of nitrogen functional groups attached to an aromatic ring is 1. The number of nitrogens with zero attached hydrogens (tertiary/aromatic N) is 4. The van der Waals surface area contributed by atoms with Crippen LogP contribution < -0.4 is 20.3 Å². The second-order valence-corrected chi connectivity index (χ2v) is 8.44. The fraction of sp³-hybridized carbons (Fsp3) is 0.360. The van der Waals surface area contributed by atoms with Gasteiger partial charge in [0.05, 0.1) is 0 Å². The maximum Gasteiger partial charge on any atom is 0.248 e. The molecule has 0 saturated carbocycles. The van der Waals surface area contributed by atoms with Crippen molar-refractivity contribution in [2.24, 2.45) is 0 Å². The van der Waals surface area contributed by atoms with E-state index >= 15 is 0 Å². The van der Waals surface area contributed by atoms with E-state index in [-0.39, 0.29) is 0 Å². The van der Waals surface area contributed by atoms with Crippen LogP contribution in [0.1, 0.15) is 36.5 Å². The van der Waals surface area contributed by atoms with Gasteiger partial charge in [0.25, 0.3) is 0 Å². The van der Waals surface area contributed by atoms with Crippen molar-refractivity contribution in [3.8, 4) is 11.6 Å². The lowest BCUT2D eigenvalue weighted by atomic mass is 10.0. The molecule has 0 spiro atoms. The van der Waals surface area contributed by atoms with E-state index in [9.17, 15) is 0 Å². The van der Waals surface area contributed by atoms with Gasteiger partial charge in [-0.3, -0.25) is 0 Å². The van der Waals surface area contributed by atoms with E-state index in [0.29, 0.717) is 17.5 Å².